The number of hydrogen-bond donors (Lipinski definition) is 1. The second-order valence-corrected chi connectivity index (χ2v) is 6.91. The van der Waals surface area contributed by atoms with Gasteiger partial charge in [0.05, 0.1) is 12.2 Å². The lowest BCUT2D eigenvalue weighted by Gasteiger charge is -2.09. The van der Waals surface area contributed by atoms with Gasteiger partial charge in [-0.2, -0.15) is 0 Å². The van der Waals surface area contributed by atoms with Crippen molar-refractivity contribution in [1.29, 1.82) is 0 Å². The number of fused-ring (bicyclic) bond motifs is 1. The minimum absolute atomic E-state index is 0.0256. The summed E-state index contributed by atoms with van der Waals surface area (Å²) in [6.07, 6.45) is 3.41. The van der Waals surface area contributed by atoms with Crippen molar-refractivity contribution in [3.05, 3.63) is 52.9 Å². The molecule has 0 amide bonds. The summed E-state index contributed by atoms with van der Waals surface area (Å²) in [6, 6.07) is 10.1. The van der Waals surface area contributed by atoms with Gasteiger partial charge in [0.1, 0.15) is 34.5 Å². The third-order valence-corrected chi connectivity index (χ3v) is 4.70. The quantitative estimate of drug-likeness (QED) is 0.290. The van der Waals surface area contributed by atoms with E-state index in [0.29, 0.717) is 23.5 Å². The van der Waals surface area contributed by atoms with Gasteiger partial charge < -0.3 is 23.7 Å². The van der Waals surface area contributed by atoms with Gasteiger partial charge in [0.2, 0.25) is 5.43 Å². The topological polar surface area (TPSA) is 78.1 Å². The van der Waals surface area contributed by atoms with Crippen molar-refractivity contribution in [3.8, 4) is 28.4 Å². The normalized spacial score (nSPS) is 10.9. The van der Waals surface area contributed by atoms with Crippen LogP contribution < -0.4 is 14.9 Å². The number of hydrogen-bond acceptors (Lipinski definition) is 6. The van der Waals surface area contributed by atoms with Gasteiger partial charge in [0.15, 0.2) is 6.79 Å². The molecule has 0 radical (unpaired) electrons. The van der Waals surface area contributed by atoms with E-state index in [9.17, 15) is 9.90 Å². The van der Waals surface area contributed by atoms with E-state index in [0.717, 1.165) is 23.9 Å². The van der Waals surface area contributed by atoms with Crippen molar-refractivity contribution in [2.75, 3.05) is 25.8 Å². The molecular formula is C21H21BrO6. The van der Waals surface area contributed by atoms with Gasteiger partial charge in [-0.25, -0.2) is 0 Å². The Morgan fingerprint density at radius 3 is 2.57 bits per heavy atom. The van der Waals surface area contributed by atoms with E-state index in [2.05, 4.69) is 15.9 Å². The van der Waals surface area contributed by atoms with Gasteiger partial charge in [-0.3, -0.25) is 4.79 Å². The number of aromatic hydroxyl groups is 1. The Balaban J connectivity index is 1.86. The maximum Gasteiger partial charge on any atom is 0.204 e. The lowest BCUT2D eigenvalue weighted by molar-refractivity contribution is 0.0510. The molecular weight excluding hydrogens is 428 g/mol. The van der Waals surface area contributed by atoms with Crippen LogP contribution >= 0.6 is 15.9 Å². The first kappa shape index (κ1) is 20.2. The Labute approximate surface area is 170 Å². The molecule has 0 unspecified atom stereocenters. The van der Waals surface area contributed by atoms with E-state index >= 15 is 0 Å². The average molecular weight is 449 g/mol. The summed E-state index contributed by atoms with van der Waals surface area (Å²) in [4.78, 5) is 12.9. The number of benzene rings is 2. The highest BCUT2D eigenvalue weighted by atomic mass is 79.9. The van der Waals surface area contributed by atoms with Gasteiger partial charge in [0, 0.05) is 24.6 Å². The van der Waals surface area contributed by atoms with Crippen molar-refractivity contribution in [2.24, 2.45) is 0 Å². The molecule has 0 aliphatic heterocycles. The first-order chi connectivity index (χ1) is 13.6. The van der Waals surface area contributed by atoms with E-state index in [1.807, 2.05) is 12.1 Å². The molecule has 0 saturated carbocycles. The maximum absolute atomic E-state index is 12.9. The van der Waals surface area contributed by atoms with Crippen LogP contribution in [0.25, 0.3) is 22.1 Å². The lowest BCUT2D eigenvalue weighted by atomic mass is 10.0. The molecule has 1 heterocycles. The smallest absolute Gasteiger partial charge is 0.204 e. The summed E-state index contributed by atoms with van der Waals surface area (Å²) in [5, 5.41) is 11.4. The molecule has 148 valence electrons. The number of alkyl halides is 1. The molecule has 0 aliphatic carbocycles. The lowest BCUT2D eigenvalue weighted by Crippen LogP contribution is -2.06. The first-order valence-electron chi connectivity index (χ1n) is 8.83. The Morgan fingerprint density at radius 2 is 1.86 bits per heavy atom. The van der Waals surface area contributed by atoms with Gasteiger partial charge in [-0.15, -0.1) is 0 Å². The fraction of sp³-hybridized carbons (Fsp3) is 0.286. The fourth-order valence-electron chi connectivity index (χ4n) is 2.73. The Hall–Kier alpha value is -2.51. The van der Waals surface area contributed by atoms with Crippen molar-refractivity contribution >= 4 is 26.9 Å². The molecule has 0 fully saturated rings. The average Bonchev–Trinajstić information content (AvgIpc) is 2.70. The molecule has 3 rings (SSSR count). The van der Waals surface area contributed by atoms with Gasteiger partial charge in [0.25, 0.3) is 0 Å². The van der Waals surface area contributed by atoms with Crippen LogP contribution in [0.15, 0.2) is 51.9 Å². The largest absolute Gasteiger partial charge is 0.507 e. The van der Waals surface area contributed by atoms with Crippen LogP contribution in [0.1, 0.15) is 12.8 Å². The zero-order valence-electron chi connectivity index (χ0n) is 15.4. The zero-order valence-corrected chi connectivity index (χ0v) is 17.0. The number of rotatable bonds is 9. The van der Waals surface area contributed by atoms with Crippen LogP contribution in [0.3, 0.4) is 0 Å². The van der Waals surface area contributed by atoms with Gasteiger partial charge in [-0.05, 0) is 30.5 Å². The molecule has 0 spiro atoms. The van der Waals surface area contributed by atoms with Gasteiger partial charge in [-0.1, -0.05) is 28.1 Å². The maximum atomic E-state index is 12.9. The molecule has 28 heavy (non-hydrogen) atoms. The third-order valence-electron chi connectivity index (χ3n) is 4.14. The Kier molecular flexibility index (Phi) is 6.95. The number of ether oxygens (including phenoxy) is 3. The first-order valence-corrected chi connectivity index (χ1v) is 9.95. The van der Waals surface area contributed by atoms with Crippen molar-refractivity contribution < 1.29 is 23.7 Å². The van der Waals surface area contributed by atoms with Crippen LogP contribution in [0.2, 0.25) is 0 Å². The third kappa shape index (κ3) is 4.66. The SMILES string of the molecule is COCOc1cc(O)c2c(=O)c(-c3ccc(OCCCCBr)cc3)coc2c1. The zero-order chi connectivity index (χ0) is 19.9. The summed E-state index contributed by atoms with van der Waals surface area (Å²) in [5.41, 5.74) is 0.969. The monoisotopic (exact) mass is 448 g/mol. The van der Waals surface area contributed by atoms with E-state index in [4.69, 9.17) is 18.6 Å². The predicted octanol–water partition coefficient (Wildman–Crippen LogP) is 4.70. The van der Waals surface area contributed by atoms with Crippen molar-refractivity contribution in [3.63, 3.8) is 0 Å². The van der Waals surface area contributed by atoms with Crippen LogP contribution in [-0.4, -0.2) is 30.9 Å². The molecule has 6 nitrogen and oxygen atoms in total. The minimum Gasteiger partial charge on any atom is -0.507 e. The van der Waals surface area contributed by atoms with Crippen molar-refractivity contribution in [1.82, 2.24) is 0 Å². The molecule has 7 heteroatoms. The molecule has 3 aromatic rings. The number of phenolic OH excluding ortho intramolecular Hbond substituents is 1. The minimum atomic E-state index is -0.317. The second-order valence-electron chi connectivity index (χ2n) is 6.11. The molecule has 0 aliphatic rings. The highest BCUT2D eigenvalue weighted by molar-refractivity contribution is 9.09. The molecule has 0 atom stereocenters. The molecule has 1 N–H and O–H groups in total. The molecule has 1 aromatic heterocycles. The summed E-state index contributed by atoms with van der Waals surface area (Å²) < 4.78 is 21.4. The standard InChI is InChI=1S/C21H21BrO6/c1-25-13-28-16-10-18(23)20-19(11-16)27-12-17(21(20)24)14-4-6-15(7-5-14)26-9-3-2-8-22/h4-7,10-12,23H,2-3,8-9,13H2,1H3. The number of phenols is 1. The fourth-order valence-corrected chi connectivity index (χ4v) is 3.13. The number of methoxy groups -OCH3 is 1. The van der Waals surface area contributed by atoms with Crippen LogP contribution in [0, 0.1) is 0 Å². The number of unbranched alkanes of at least 4 members (excludes halogenated alkanes) is 1. The highest BCUT2D eigenvalue weighted by Crippen LogP contribution is 2.30. The van der Waals surface area contributed by atoms with Crippen LogP contribution in [0.4, 0.5) is 0 Å². The van der Waals surface area contributed by atoms with Crippen LogP contribution in [-0.2, 0) is 4.74 Å². The Bertz CT molecular complexity index is 981. The van der Waals surface area contributed by atoms with E-state index in [1.54, 1.807) is 18.2 Å². The summed E-state index contributed by atoms with van der Waals surface area (Å²) >= 11 is 3.39. The Morgan fingerprint density at radius 1 is 1.07 bits per heavy atom. The molecule has 0 saturated heterocycles. The van der Waals surface area contributed by atoms with E-state index in [1.165, 1.54) is 19.4 Å². The molecule has 2 aromatic carbocycles. The van der Waals surface area contributed by atoms with Crippen molar-refractivity contribution in [2.45, 2.75) is 12.8 Å². The summed E-state index contributed by atoms with van der Waals surface area (Å²) in [5.74, 6) is 0.890. The predicted molar refractivity (Wildman–Crippen MR) is 111 cm³/mol. The van der Waals surface area contributed by atoms with E-state index in [-0.39, 0.29) is 28.9 Å². The highest BCUT2D eigenvalue weighted by Gasteiger charge is 2.14. The van der Waals surface area contributed by atoms with E-state index < -0.39 is 0 Å². The summed E-state index contributed by atoms with van der Waals surface area (Å²) in [6.45, 7) is 0.669. The number of halogens is 1. The summed E-state index contributed by atoms with van der Waals surface area (Å²) in [7, 11) is 1.49. The van der Waals surface area contributed by atoms with Crippen LogP contribution in [0.5, 0.6) is 17.2 Å². The molecule has 0 bridgehead atoms. The second kappa shape index (κ2) is 9.61. The van der Waals surface area contributed by atoms with Gasteiger partial charge >= 0.3 is 0 Å².